The van der Waals surface area contributed by atoms with E-state index in [1.807, 2.05) is 0 Å². The molecule has 0 N–H and O–H groups in total. The fourth-order valence-electron chi connectivity index (χ4n) is 2.54. The van der Waals surface area contributed by atoms with E-state index in [1.54, 1.807) is 13.8 Å². The Kier molecular flexibility index (Phi) is 4.68. The SMILES string of the molecule is COC(=O)C=CC1C(C(=O)Oc2c(F)c(F)cc(F)c2F)C1(C)C. The van der Waals surface area contributed by atoms with Gasteiger partial charge < -0.3 is 9.47 Å². The molecule has 0 saturated heterocycles. The fourth-order valence-corrected chi connectivity index (χ4v) is 2.54. The van der Waals surface area contributed by atoms with Gasteiger partial charge in [0.15, 0.2) is 11.6 Å². The Balaban J connectivity index is 2.20. The van der Waals surface area contributed by atoms with Crippen LogP contribution in [0.1, 0.15) is 13.8 Å². The van der Waals surface area contributed by atoms with Gasteiger partial charge in [0.05, 0.1) is 13.0 Å². The molecule has 0 spiro atoms. The molecule has 1 aromatic carbocycles. The Morgan fingerprint density at radius 1 is 1.12 bits per heavy atom. The first kappa shape index (κ1) is 18.0. The van der Waals surface area contributed by atoms with Gasteiger partial charge in [-0.15, -0.1) is 0 Å². The first-order valence-corrected chi connectivity index (χ1v) is 6.92. The topological polar surface area (TPSA) is 52.6 Å². The van der Waals surface area contributed by atoms with Crippen molar-refractivity contribution in [3.63, 3.8) is 0 Å². The number of benzene rings is 1. The zero-order chi connectivity index (χ0) is 18.2. The summed E-state index contributed by atoms with van der Waals surface area (Å²) in [6, 6.07) is 0.0188. The van der Waals surface area contributed by atoms with Crippen LogP contribution in [0.2, 0.25) is 0 Å². The van der Waals surface area contributed by atoms with Gasteiger partial charge in [0, 0.05) is 12.1 Å². The molecule has 1 aromatic rings. The maximum absolute atomic E-state index is 13.5. The van der Waals surface area contributed by atoms with Crippen molar-refractivity contribution in [2.45, 2.75) is 13.8 Å². The van der Waals surface area contributed by atoms with Gasteiger partial charge in [-0.3, -0.25) is 4.79 Å². The third-order valence-electron chi connectivity index (χ3n) is 4.08. The lowest BCUT2D eigenvalue weighted by Crippen LogP contribution is -2.16. The molecule has 2 unspecified atom stereocenters. The third kappa shape index (κ3) is 3.13. The maximum Gasteiger partial charge on any atom is 0.330 e. The lowest BCUT2D eigenvalue weighted by Gasteiger charge is -2.08. The summed E-state index contributed by atoms with van der Waals surface area (Å²) in [6.45, 7) is 3.34. The van der Waals surface area contributed by atoms with Gasteiger partial charge in [0.2, 0.25) is 17.4 Å². The summed E-state index contributed by atoms with van der Waals surface area (Å²) < 4.78 is 62.3. The minimum atomic E-state index is -1.79. The zero-order valence-electron chi connectivity index (χ0n) is 13.0. The van der Waals surface area contributed by atoms with Crippen LogP contribution < -0.4 is 4.74 Å². The quantitative estimate of drug-likeness (QED) is 0.276. The molecule has 0 radical (unpaired) electrons. The van der Waals surface area contributed by atoms with Crippen LogP contribution in [0.5, 0.6) is 5.75 Å². The molecule has 0 aliphatic heterocycles. The molecule has 4 nitrogen and oxygen atoms in total. The standard InChI is InChI=1S/C16H14F4O4/c1-16(2)7(4-5-10(21)23-3)11(16)15(22)24-14-12(19)8(17)6-9(18)13(14)20/h4-7,11H,1-3H3. The number of ether oxygens (including phenoxy) is 2. The predicted molar refractivity (Wildman–Crippen MR) is 73.8 cm³/mol. The molecule has 1 aliphatic carbocycles. The molecule has 0 amide bonds. The summed E-state index contributed by atoms with van der Waals surface area (Å²) in [5.41, 5.74) is -0.652. The number of carbonyl (C=O) groups is 2. The second-order valence-electron chi connectivity index (χ2n) is 5.93. The summed E-state index contributed by atoms with van der Waals surface area (Å²) >= 11 is 0. The summed E-state index contributed by atoms with van der Waals surface area (Å²) in [4.78, 5) is 23.2. The number of rotatable bonds is 4. The van der Waals surface area contributed by atoms with Crippen molar-refractivity contribution in [1.82, 2.24) is 0 Å². The van der Waals surface area contributed by atoms with Crippen LogP contribution in [0.25, 0.3) is 0 Å². The Hall–Kier alpha value is -2.38. The highest BCUT2D eigenvalue weighted by Crippen LogP contribution is 2.59. The average molecular weight is 346 g/mol. The maximum atomic E-state index is 13.5. The number of carbonyl (C=O) groups excluding carboxylic acids is 2. The van der Waals surface area contributed by atoms with Gasteiger partial charge in [-0.05, 0) is 11.3 Å². The molecule has 2 rings (SSSR count). The van der Waals surface area contributed by atoms with E-state index in [0.717, 1.165) is 6.08 Å². The minimum Gasteiger partial charge on any atom is -0.466 e. The highest BCUT2D eigenvalue weighted by molar-refractivity contribution is 5.84. The molecule has 8 heteroatoms. The van der Waals surface area contributed by atoms with E-state index >= 15 is 0 Å². The van der Waals surface area contributed by atoms with Crippen LogP contribution in [0.4, 0.5) is 17.6 Å². The Bertz CT molecular complexity index is 701. The van der Waals surface area contributed by atoms with E-state index in [2.05, 4.69) is 9.47 Å². The van der Waals surface area contributed by atoms with Crippen molar-refractivity contribution in [1.29, 1.82) is 0 Å². The second kappa shape index (κ2) is 6.26. The summed E-state index contributed by atoms with van der Waals surface area (Å²) in [7, 11) is 1.18. The highest BCUT2D eigenvalue weighted by atomic mass is 19.2. The Labute approximate surface area is 135 Å². The molecule has 0 bridgehead atoms. The fraction of sp³-hybridized carbons (Fsp3) is 0.375. The number of hydrogen-bond donors (Lipinski definition) is 0. The molecule has 1 saturated carbocycles. The molecule has 0 aromatic heterocycles. The number of halogens is 4. The number of methoxy groups -OCH3 is 1. The van der Waals surface area contributed by atoms with E-state index in [0.29, 0.717) is 0 Å². The van der Waals surface area contributed by atoms with Crippen molar-refractivity contribution in [3.05, 3.63) is 41.5 Å². The molecule has 24 heavy (non-hydrogen) atoms. The van der Waals surface area contributed by atoms with Crippen LogP contribution in [-0.2, 0) is 14.3 Å². The summed E-state index contributed by atoms with van der Waals surface area (Å²) in [5.74, 6) is -11.3. The predicted octanol–water partition coefficient (Wildman–Crippen LogP) is 3.15. The van der Waals surface area contributed by atoms with Crippen LogP contribution in [0.15, 0.2) is 18.2 Å². The zero-order valence-corrected chi connectivity index (χ0v) is 13.0. The molecular weight excluding hydrogens is 332 g/mol. The van der Waals surface area contributed by atoms with E-state index < -0.39 is 58.2 Å². The second-order valence-corrected chi connectivity index (χ2v) is 5.93. The Morgan fingerprint density at radius 2 is 1.67 bits per heavy atom. The van der Waals surface area contributed by atoms with Crippen molar-refractivity contribution < 1.29 is 36.6 Å². The average Bonchev–Trinajstić information content (AvgIpc) is 3.08. The minimum absolute atomic E-state index is 0.0188. The molecule has 2 atom stereocenters. The van der Waals surface area contributed by atoms with Crippen LogP contribution in [0, 0.1) is 40.5 Å². The summed E-state index contributed by atoms with van der Waals surface area (Å²) in [5, 5.41) is 0. The highest BCUT2D eigenvalue weighted by Gasteiger charge is 2.61. The normalized spacial score (nSPS) is 21.6. The first-order valence-electron chi connectivity index (χ1n) is 6.92. The van der Waals surface area contributed by atoms with E-state index in [4.69, 9.17) is 0 Å². The number of allylic oxidation sites excluding steroid dienone is 1. The smallest absolute Gasteiger partial charge is 0.330 e. The first-order chi connectivity index (χ1) is 11.1. The lowest BCUT2D eigenvalue weighted by molar-refractivity contribution is -0.137. The van der Waals surface area contributed by atoms with Gasteiger partial charge in [0.25, 0.3) is 0 Å². The largest absolute Gasteiger partial charge is 0.466 e. The van der Waals surface area contributed by atoms with E-state index in [-0.39, 0.29) is 6.07 Å². The molecule has 1 aliphatic rings. The number of esters is 2. The van der Waals surface area contributed by atoms with Crippen LogP contribution in [-0.4, -0.2) is 19.0 Å². The molecule has 130 valence electrons. The van der Waals surface area contributed by atoms with Crippen molar-refractivity contribution >= 4 is 11.9 Å². The van der Waals surface area contributed by atoms with Gasteiger partial charge in [-0.2, -0.15) is 8.78 Å². The van der Waals surface area contributed by atoms with E-state index in [1.165, 1.54) is 13.2 Å². The van der Waals surface area contributed by atoms with Gasteiger partial charge in [-0.1, -0.05) is 19.9 Å². The van der Waals surface area contributed by atoms with Crippen molar-refractivity contribution in [2.75, 3.05) is 7.11 Å². The van der Waals surface area contributed by atoms with Crippen LogP contribution >= 0.6 is 0 Å². The monoisotopic (exact) mass is 346 g/mol. The van der Waals surface area contributed by atoms with Gasteiger partial charge in [0.1, 0.15) is 0 Å². The summed E-state index contributed by atoms with van der Waals surface area (Å²) in [6.07, 6.45) is 2.53. The molecular formula is C16H14F4O4. The van der Waals surface area contributed by atoms with E-state index in [9.17, 15) is 27.2 Å². The lowest BCUT2D eigenvalue weighted by atomic mass is 10.1. The molecule has 0 heterocycles. The molecule has 1 fully saturated rings. The van der Waals surface area contributed by atoms with Gasteiger partial charge in [-0.25, -0.2) is 13.6 Å². The number of hydrogen-bond acceptors (Lipinski definition) is 4. The van der Waals surface area contributed by atoms with Gasteiger partial charge >= 0.3 is 11.9 Å². The third-order valence-corrected chi connectivity index (χ3v) is 4.08. The van der Waals surface area contributed by atoms with Crippen molar-refractivity contribution in [3.8, 4) is 5.75 Å². The Morgan fingerprint density at radius 3 is 2.17 bits per heavy atom. The van der Waals surface area contributed by atoms with Crippen LogP contribution in [0.3, 0.4) is 0 Å². The van der Waals surface area contributed by atoms with Crippen molar-refractivity contribution in [2.24, 2.45) is 17.3 Å².